The Morgan fingerprint density at radius 1 is 1.57 bits per heavy atom. The fraction of sp³-hybridized carbons (Fsp3) is 0.300. The van der Waals surface area contributed by atoms with Crippen molar-refractivity contribution in [3.63, 3.8) is 0 Å². The minimum Gasteiger partial charge on any atom is -0.472 e. The number of carbonyl (C=O) groups excluding carboxylic acids is 1. The lowest BCUT2D eigenvalue weighted by Crippen LogP contribution is -2.20. The number of aliphatic hydroxyl groups excluding tert-OH is 1. The molecule has 1 aliphatic rings. The molecule has 2 atom stereocenters. The largest absolute Gasteiger partial charge is 0.472 e. The first-order valence-corrected chi connectivity index (χ1v) is 4.27. The molecule has 2 heterocycles. The van der Waals surface area contributed by atoms with Gasteiger partial charge >= 0.3 is 5.97 Å². The van der Waals surface area contributed by atoms with E-state index in [2.05, 4.69) is 0 Å². The minimum absolute atomic E-state index is 0.407. The fourth-order valence-electron chi connectivity index (χ4n) is 1.45. The molecule has 0 aromatic carbocycles. The molecule has 14 heavy (non-hydrogen) atoms. The van der Waals surface area contributed by atoms with Crippen LogP contribution < -0.4 is 0 Å². The van der Waals surface area contributed by atoms with Gasteiger partial charge < -0.3 is 14.3 Å². The maximum Gasteiger partial charge on any atom is 0.331 e. The summed E-state index contributed by atoms with van der Waals surface area (Å²) in [5, 5.41) is 9.82. The Kier molecular flexibility index (Phi) is 2.13. The van der Waals surface area contributed by atoms with Crippen molar-refractivity contribution in [1.29, 1.82) is 0 Å². The van der Waals surface area contributed by atoms with Crippen LogP contribution in [-0.4, -0.2) is 17.2 Å². The number of esters is 1. The summed E-state index contributed by atoms with van der Waals surface area (Å²) in [6, 6.07) is 1.64. The van der Waals surface area contributed by atoms with Crippen molar-refractivity contribution in [2.45, 2.75) is 19.1 Å². The van der Waals surface area contributed by atoms with Gasteiger partial charge in [0.2, 0.25) is 0 Å². The van der Waals surface area contributed by atoms with Gasteiger partial charge in [-0.25, -0.2) is 4.79 Å². The molecule has 0 fully saturated rings. The summed E-state index contributed by atoms with van der Waals surface area (Å²) >= 11 is 0. The molecular weight excluding hydrogens is 184 g/mol. The van der Waals surface area contributed by atoms with Crippen LogP contribution in [0.25, 0.3) is 0 Å². The van der Waals surface area contributed by atoms with E-state index in [0.29, 0.717) is 5.56 Å². The van der Waals surface area contributed by atoms with Crippen LogP contribution in [0.4, 0.5) is 0 Å². The topological polar surface area (TPSA) is 59.7 Å². The van der Waals surface area contributed by atoms with E-state index in [-0.39, 0.29) is 0 Å². The molecule has 2 rings (SSSR count). The number of ether oxygens (including phenoxy) is 1. The Morgan fingerprint density at radius 2 is 2.36 bits per heavy atom. The maximum absolute atomic E-state index is 10.9. The molecule has 0 radical (unpaired) electrons. The molecule has 0 bridgehead atoms. The number of carbonyl (C=O) groups is 1. The lowest BCUT2D eigenvalue weighted by atomic mass is 10.0. The molecule has 0 aliphatic carbocycles. The summed E-state index contributed by atoms with van der Waals surface area (Å²) in [4.78, 5) is 10.9. The third kappa shape index (κ3) is 1.44. The highest BCUT2D eigenvalue weighted by Gasteiger charge is 2.31. The zero-order chi connectivity index (χ0) is 10.1. The second kappa shape index (κ2) is 3.31. The van der Waals surface area contributed by atoms with E-state index < -0.39 is 18.2 Å². The molecule has 0 unspecified atom stereocenters. The van der Waals surface area contributed by atoms with Gasteiger partial charge in [0.25, 0.3) is 0 Å². The number of hydrogen-bond acceptors (Lipinski definition) is 4. The minimum atomic E-state index is -0.851. The summed E-state index contributed by atoms with van der Waals surface area (Å²) in [6.07, 6.45) is 2.85. The van der Waals surface area contributed by atoms with Crippen LogP contribution in [0.2, 0.25) is 0 Å². The SMILES string of the molecule is CC1=CC(=O)O[C@@H]1[C@@H](O)c1ccoc1. The Bertz CT molecular complexity index is 363. The molecule has 0 amide bonds. The van der Waals surface area contributed by atoms with E-state index in [1.807, 2.05) is 0 Å². The maximum atomic E-state index is 10.9. The molecule has 1 aromatic heterocycles. The molecule has 4 nitrogen and oxygen atoms in total. The van der Waals surface area contributed by atoms with Crippen LogP contribution in [0.3, 0.4) is 0 Å². The Hall–Kier alpha value is -1.55. The molecule has 0 spiro atoms. The number of furan rings is 1. The van der Waals surface area contributed by atoms with Crippen LogP contribution in [-0.2, 0) is 9.53 Å². The van der Waals surface area contributed by atoms with E-state index in [4.69, 9.17) is 9.15 Å². The summed E-state index contributed by atoms with van der Waals surface area (Å²) < 4.78 is 9.77. The van der Waals surface area contributed by atoms with E-state index in [0.717, 1.165) is 5.57 Å². The number of aliphatic hydroxyl groups is 1. The van der Waals surface area contributed by atoms with Gasteiger partial charge in [-0.1, -0.05) is 0 Å². The Balaban J connectivity index is 2.18. The van der Waals surface area contributed by atoms with Gasteiger partial charge in [0.1, 0.15) is 6.10 Å². The fourth-order valence-corrected chi connectivity index (χ4v) is 1.45. The quantitative estimate of drug-likeness (QED) is 0.718. The van der Waals surface area contributed by atoms with Crippen LogP contribution in [0.5, 0.6) is 0 Å². The van der Waals surface area contributed by atoms with E-state index >= 15 is 0 Å². The lowest BCUT2D eigenvalue weighted by Gasteiger charge is -2.17. The number of hydrogen-bond donors (Lipinski definition) is 1. The van der Waals surface area contributed by atoms with Gasteiger partial charge in [-0.2, -0.15) is 0 Å². The summed E-state index contributed by atoms with van der Waals surface area (Å²) in [5.74, 6) is -0.407. The zero-order valence-corrected chi connectivity index (χ0v) is 7.64. The molecule has 74 valence electrons. The van der Waals surface area contributed by atoms with Crippen molar-refractivity contribution in [2.24, 2.45) is 0 Å². The monoisotopic (exact) mass is 194 g/mol. The second-order valence-electron chi connectivity index (χ2n) is 3.25. The third-order valence-electron chi connectivity index (χ3n) is 2.21. The normalized spacial score (nSPS) is 23.1. The van der Waals surface area contributed by atoms with Crippen LogP contribution in [0.15, 0.2) is 34.7 Å². The highest BCUT2D eigenvalue weighted by molar-refractivity contribution is 5.85. The van der Waals surface area contributed by atoms with Crippen molar-refractivity contribution < 1.29 is 19.1 Å². The van der Waals surface area contributed by atoms with Crippen molar-refractivity contribution in [2.75, 3.05) is 0 Å². The Morgan fingerprint density at radius 3 is 2.86 bits per heavy atom. The molecule has 0 saturated carbocycles. The smallest absolute Gasteiger partial charge is 0.331 e. The molecular formula is C10H10O4. The van der Waals surface area contributed by atoms with E-state index in [1.165, 1.54) is 18.6 Å². The van der Waals surface area contributed by atoms with Gasteiger partial charge in [0.15, 0.2) is 6.10 Å². The van der Waals surface area contributed by atoms with Crippen molar-refractivity contribution in [3.8, 4) is 0 Å². The van der Waals surface area contributed by atoms with Crippen LogP contribution in [0, 0.1) is 0 Å². The highest BCUT2D eigenvalue weighted by Crippen LogP contribution is 2.28. The van der Waals surface area contributed by atoms with Gasteiger partial charge in [-0.3, -0.25) is 0 Å². The van der Waals surface area contributed by atoms with Gasteiger partial charge in [-0.05, 0) is 18.6 Å². The zero-order valence-electron chi connectivity index (χ0n) is 7.64. The second-order valence-corrected chi connectivity index (χ2v) is 3.25. The standard InChI is InChI=1S/C10H10O4/c1-6-4-8(11)14-10(6)9(12)7-2-3-13-5-7/h2-5,9-10,12H,1H3/t9-,10-/m0/s1. The van der Waals surface area contributed by atoms with Gasteiger partial charge in [-0.15, -0.1) is 0 Å². The summed E-state index contributed by atoms with van der Waals surface area (Å²) in [7, 11) is 0. The lowest BCUT2D eigenvalue weighted by molar-refractivity contribution is -0.143. The first kappa shape index (κ1) is 9.02. The van der Waals surface area contributed by atoms with Crippen molar-refractivity contribution in [3.05, 3.63) is 35.8 Å². The van der Waals surface area contributed by atoms with Gasteiger partial charge in [0.05, 0.1) is 12.5 Å². The van der Waals surface area contributed by atoms with E-state index in [1.54, 1.807) is 13.0 Å². The van der Waals surface area contributed by atoms with Crippen LogP contribution in [0.1, 0.15) is 18.6 Å². The molecule has 1 N–H and O–H groups in total. The average molecular weight is 194 g/mol. The molecule has 1 aromatic rings. The first-order chi connectivity index (χ1) is 6.68. The predicted octanol–water partition coefficient (Wildman–Crippen LogP) is 1.18. The predicted molar refractivity (Wildman–Crippen MR) is 47.3 cm³/mol. The highest BCUT2D eigenvalue weighted by atomic mass is 16.6. The summed E-state index contributed by atoms with van der Waals surface area (Å²) in [6.45, 7) is 1.75. The average Bonchev–Trinajstić information content (AvgIpc) is 2.73. The van der Waals surface area contributed by atoms with Gasteiger partial charge in [0, 0.05) is 11.6 Å². The number of rotatable bonds is 2. The molecule has 1 aliphatic heterocycles. The van der Waals surface area contributed by atoms with E-state index in [9.17, 15) is 9.90 Å². The van der Waals surface area contributed by atoms with Crippen molar-refractivity contribution in [1.82, 2.24) is 0 Å². The molecule has 0 saturated heterocycles. The van der Waals surface area contributed by atoms with Crippen molar-refractivity contribution >= 4 is 5.97 Å². The summed E-state index contributed by atoms with van der Waals surface area (Å²) in [5.41, 5.74) is 1.33. The third-order valence-corrected chi connectivity index (χ3v) is 2.21. The molecule has 4 heteroatoms. The number of cyclic esters (lactones) is 1. The Labute approximate surface area is 80.8 Å². The van der Waals surface area contributed by atoms with Crippen LogP contribution >= 0.6 is 0 Å². The first-order valence-electron chi connectivity index (χ1n) is 4.27.